The molecule has 3 rings (SSSR count). The number of hydrogen-bond acceptors (Lipinski definition) is 6. The summed E-state index contributed by atoms with van der Waals surface area (Å²) in [6, 6.07) is 0. The van der Waals surface area contributed by atoms with Crippen molar-refractivity contribution in [2.45, 2.75) is 63.0 Å². The van der Waals surface area contributed by atoms with E-state index in [0.29, 0.717) is 0 Å². The van der Waals surface area contributed by atoms with Gasteiger partial charge >= 0.3 is 0 Å². The summed E-state index contributed by atoms with van der Waals surface area (Å²) in [6.07, 6.45) is -3.71. The molecule has 1 saturated heterocycles. The van der Waals surface area contributed by atoms with Gasteiger partial charge in [-0.3, -0.25) is 0 Å². The van der Waals surface area contributed by atoms with E-state index >= 15 is 0 Å². The Morgan fingerprint density at radius 1 is 0.944 bits per heavy atom. The lowest BCUT2D eigenvalue weighted by Crippen LogP contribution is -2.49. The maximum Gasteiger partial charge on any atom is 0.207 e. The van der Waals surface area contributed by atoms with E-state index in [1.165, 1.54) is 0 Å². The van der Waals surface area contributed by atoms with E-state index < -0.39 is 46.1 Å². The second-order valence-electron chi connectivity index (χ2n) is 6.97. The third-order valence-corrected chi connectivity index (χ3v) is 5.75. The molecular weight excluding hydrogens is 240 g/mol. The zero-order chi connectivity index (χ0) is 13.9. The van der Waals surface area contributed by atoms with E-state index in [1.807, 2.05) is 0 Å². The Labute approximate surface area is 105 Å². The molecule has 5 N–H and O–H groups in total. The molecule has 104 valence electrons. The summed E-state index contributed by atoms with van der Waals surface area (Å²) in [5, 5.41) is 50.9. The Bertz CT molecular complexity index is 434. The highest BCUT2D eigenvalue weighted by molar-refractivity contribution is 5.39. The predicted octanol–water partition coefficient (Wildman–Crippen LogP) is -1.66. The van der Waals surface area contributed by atoms with Crippen molar-refractivity contribution in [2.75, 3.05) is 0 Å². The monoisotopic (exact) mass is 260 g/mol. The summed E-state index contributed by atoms with van der Waals surface area (Å²) in [4.78, 5) is 0. The maximum absolute atomic E-state index is 10.4. The van der Waals surface area contributed by atoms with Gasteiger partial charge in [0.15, 0.2) is 5.60 Å². The van der Waals surface area contributed by atoms with Crippen molar-refractivity contribution in [3.05, 3.63) is 0 Å². The van der Waals surface area contributed by atoms with Crippen LogP contribution in [0.3, 0.4) is 0 Å². The summed E-state index contributed by atoms with van der Waals surface area (Å²) in [6.45, 7) is 6.42. The molecule has 0 aromatic rings. The molecule has 1 heterocycles. The van der Waals surface area contributed by atoms with Gasteiger partial charge in [-0.2, -0.15) is 0 Å². The third kappa shape index (κ3) is 0.819. The highest BCUT2D eigenvalue weighted by Gasteiger charge is 2.95. The topological polar surface area (TPSA) is 110 Å². The number of ether oxygens (including phenoxy) is 1. The van der Waals surface area contributed by atoms with Crippen molar-refractivity contribution >= 4 is 0 Å². The molecule has 6 atom stereocenters. The van der Waals surface area contributed by atoms with E-state index in [0.717, 1.165) is 0 Å². The largest absolute Gasteiger partial charge is 0.389 e. The molecule has 2 saturated carbocycles. The van der Waals surface area contributed by atoms with Gasteiger partial charge in [-0.1, -0.05) is 27.7 Å². The molecule has 2 unspecified atom stereocenters. The first-order valence-corrected chi connectivity index (χ1v) is 6.12. The van der Waals surface area contributed by atoms with Gasteiger partial charge in [0.05, 0.1) is 11.5 Å². The standard InChI is InChI=1S/C12H20O6/c1-8(2)7(14)10(8,15)6-5(13)11(16)9(3,4)12(11,17)18-6/h5-7,13-17H,1-4H3/t5-,6-,7?,10-,11-,12?/m0/s1. The second kappa shape index (κ2) is 2.63. The van der Waals surface area contributed by atoms with E-state index in [-0.39, 0.29) is 0 Å². The number of aliphatic hydroxyl groups is 5. The molecule has 0 amide bonds. The maximum atomic E-state index is 10.4. The minimum absolute atomic E-state index is 0.841. The van der Waals surface area contributed by atoms with E-state index in [9.17, 15) is 25.5 Å². The van der Waals surface area contributed by atoms with Crippen LogP contribution in [0.5, 0.6) is 0 Å². The van der Waals surface area contributed by atoms with E-state index in [4.69, 9.17) is 4.74 Å². The minimum Gasteiger partial charge on any atom is -0.389 e. The Balaban J connectivity index is 1.95. The lowest BCUT2D eigenvalue weighted by molar-refractivity contribution is -0.208. The number of fused-ring (bicyclic) bond motifs is 1. The van der Waals surface area contributed by atoms with Crippen molar-refractivity contribution in [1.29, 1.82) is 0 Å². The first-order valence-electron chi connectivity index (χ1n) is 6.12. The highest BCUT2D eigenvalue weighted by atomic mass is 16.7. The van der Waals surface area contributed by atoms with Crippen molar-refractivity contribution in [1.82, 2.24) is 0 Å². The summed E-state index contributed by atoms with van der Waals surface area (Å²) >= 11 is 0. The fraction of sp³-hybridized carbons (Fsp3) is 1.00. The molecule has 0 aromatic carbocycles. The van der Waals surface area contributed by atoms with Crippen LogP contribution >= 0.6 is 0 Å². The van der Waals surface area contributed by atoms with Gasteiger partial charge in [-0.25, -0.2) is 0 Å². The van der Waals surface area contributed by atoms with Gasteiger partial charge in [0, 0.05) is 5.41 Å². The van der Waals surface area contributed by atoms with Gasteiger partial charge in [-0.05, 0) is 0 Å². The van der Waals surface area contributed by atoms with Gasteiger partial charge in [0.25, 0.3) is 0 Å². The van der Waals surface area contributed by atoms with Crippen LogP contribution in [0.15, 0.2) is 0 Å². The van der Waals surface area contributed by atoms with Gasteiger partial charge in [0.2, 0.25) is 5.79 Å². The Morgan fingerprint density at radius 2 is 1.39 bits per heavy atom. The Kier molecular flexibility index (Phi) is 1.87. The van der Waals surface area contributed by atoms with Crippen LogP contribution < -0.4 is 0 Å². The SMILES string of the molecule is CC1(C)C2(O)O[C@H]([C@]3(O)C(O)C3(C)C)[C@H](O)[C@]12O. The minimum atomic E-state index is -1.88. The van der Waals surface area contributed by atoms with Gasteiger partial charge in [0.1, 0.15) is 17.8 Å². The zero-order valence-corrected chi connectivity index (χ0v) is 10.9. The van der Waals surface area contributed by atoms with Crippen LogP contribution in [0.4, 0.5) is 0 Å². The van der Waals surface area contributed by atoms with E-state index in [1.54, 1.807) is 27.7 Å². The van der Waals surface area contributed by atoms with Crippen LogP contribution in [-0.4, -0.2) is 60.8 Å². The summed E-state index contributed by atoms with van der Waals surface area (Å²) < 4.78 is 5.33. The summed E-state index contributed by atoms with van der Waals surface area (Å²) in [5.41, 5.74) is -5.30. The fourth-order valence-electron chi connectivity index (χ4n) is 3.70. The van der Waals surface area contributed by atoms with Gasteiger partial charge < -0.3 is 30.3 Å². The van der Waals surface area contributed by atoms with Crippen LogP contribution in [0.25, 0.3) is 0 Å². The van der Waals surface area contributed by atoms with Crippen LogP contribution in [-0.2, 0) is 4.74 Å². The molecule has 3 fully saturated rings. The summed E-state index contributed by atoms with van der Waals surface area (Å²) in [5.74, 6) is -1.88. The molecule has 0 aromatic heterocycles. The fourth-order valence-corrected chi connectivity index (χ4v) is 3.70. The molecule has 2 aliphatic carbocycles. The molecular formula is C12H20O6. The molecule has 6 nitrogen and oxygen atoms in total. The van der Waals surface area contributed by atoms with Crippen LogP contribution in [0.1, 0.15) is 27.7 Å². The molecule has 18 heavy (non-hydrogen) atoms. The normalized spacial score (nSPS) is 63.5. The van der Waals surface area contributed by atoms with Crippen molar-refractivity contribution in [2.24, 2.45) is 10.8 Å². The number of hydrogen-bond donors (Lipinski definition) is 5. The van der Waals surface area contributed by atoms with Crippen LogP contribution in [0, 0.1) is 10.8 Å². The smallest absolute Gasteiger partial charge is 0.207 e. The average molecular weight is 260 g/mol. The second-order valence-corrected chi connectivity index (χ2v) is 6.97. The zero-order valence-electron chi connectivity index (χ0n) is 10.9. The molecule has 0 spiro atoms. The molecule has 0 bridgehead atoms. The van der Waals surface area contributed by atoms with Crippen LogP contribution in [0.2, 0.25) is 0 Å². The third-order valence-electron chi connectivity index (χ3n) is 5.75. The van der Waals surface area contributed by atoms with Gasteiger partial charge in [-0.15, -0.1) is 0 Å². The number of aliphatic hydroxyl groups excluding tert-OH is 2. The predicted molar refractivity (Wildman–Crippen MR) is 59.3 cm³/mol. The lowest BCUT2D eigenvalue weighted by Gasteiger charge is -2.30. The molecule has 0 radical (unpaired) electrons. The Hall–Kier alpha value is -0.240. The first kappa shape index (κ1) is 12.8. The average Bonchev–Trinajstić information content (AvgIpc) is 2.72. The number of rotatable bonds is 1. The Morgan fingerprint density at radius 3 is 1.67 bits per heavy atom. The molecule has 1 aliphatic heterocycles. The lowest BCUT2D eigenvalue weighted by atomic mass is 9.91. The molecule has 3 aliphatic rings. The highest BCUT2D eigenvalue weighted by Crippen LogP contribution is 2.75. The quantitative estimate of drug-likeness (QED) is 0.386. The van der Waals surface area contributed by atoms with Crippen molar-refractivity contribution in [3.63, 3.8) is 0 Å². The van der Waals surface area contributed by atoms with E-state index in [2.05, 4.69) is 0 Å². The summed E-state index contributed by atoms with van der Waals surface area (Å²) in [7, 11) is 0. The first-order chi connectivity index (χ1) is 7.90. The van der Waals surface area contributed by atoms with Crippen molar-refractivity contribution in [3.8, 4) is 0 Å². The molecule has 6 heteroatoms. The van der Waals surface area contributed by atoms with Crippen molar-refractivity contribution < 1.29 is 30.3 Å².